The number of halogens is 2. The third-order valence-corrected chi connectivity index (χ3v) is 5.37. The highest BCUT2D eigenvalue weighted by Crippen LogP contribution is 2.23. The van der Waals surface area contributed by atoms with E-state index in [9.17, 15) is 4.39 Å². The molecule has 1 unspecified atom stereocenters. The minimum Gasteiger partial charge on any atom is -0.356 e. The van der Waals surface area contributed by atoms with Crippen LogP contribution in [-0.4, -0.2) is 50.1 Å². The number of likely N-dealkylation sites (tertiary alicyclic amines) is 1. The lowest BCUT2D eigenvalue weighted by molar-refractivity contribution is 0.141. The summed E-state index contributed by atoms with van der Waals surface area (Å²) in [6.45, 7) is 12.8. The molecule has 4 nitrogen and oxygen atoms in total. The van der Waals surface area contributed by atoms with Crippen molar-refractivity contribution in [1.82, 2.24) is 15.5 Å². The van der Waals surface area contributed by atoms with Gasteiger partial charge in [-0.25, -0.2) is 4.39 Å². The van der Waals surface area contributed by atoms with Gasteiger partial charge in [0.15, 0.2) is 5.96 Å². The van der Waals surface area contributed by atoms with Crippen molar-refractivity contribution in [3.05, 3.63) is 35.6 Å². The van der Waals surface area contributed by atoms with Crippen molar-refractivity contribution in [2.45, 2.75) is 52.0 Å². The van der Waals surface area contributed by atoms with Crippen LogP contribution in [0.5, 0.6) is 0 Å². The Hall–Kier alpha value is -0.890. The van der Waals surface area contributed by atoms with Gasteiger partial charge in [0, 0.05) is 38.1 Å². The average Bonchev–Trinajstić information content (AvgIpc) is 2.62. The molecule has 1 aliphatic heterocycles. The fourth-order valence-corrected chi connectivity index (χ4v) is 3.51. The first-order chi connectivity index (χ1) is 12.3. The van der Waals surface area contributed by atoms with Gasteiger partial charge in [-0.05, 0) is 56.8 Å². The van der Waals surface area contributed by atoms with Crippen molar-refractivity contribution in [2.24, 2.45) is 10.9 Å². The van der Waals surface area contributed by atoms with E-state index in [4.69, 9.17) is 0 Å². The lowest BCUT2D eigenvalue weighted by atomic mass is 9.84. The second-order valence-corrected chi connectivity index (χ2v) is 8.30. The summed E-state index contributed by atoms with van der Waals surface area (Å²) in [5.41, 5.74) is 0.805. The number of benzene rings is 1. The molecule has 0 amide bonds. The van der Waals surface area contributed by atoms with Gasteiger partial charge in [-0.2, -0.15) is 0 Å². The number of rotatable bonds is 6. The first-order valence-corrected chi connectivity index (χ1v) is 9.76. The van der Waals surface area contributed by atoms with Crippen LogP contribution in [0.4, 0.5) is 4.39 Å². The van der Waals surface area contributed by atoms with E-state index in [1.54, 1.807) is 19.2 Å². The molecule has 2 rings (SSSR count). The van der Waals surface area contributed by atoms with Crippen molar-refractivity contribution in [2.75, 3.05) is 33.2 Å². The van der Waals surface area contributed by atoms with Crippen LogP contribution < -0.4 is 10.6 Å². The van der Waals surface area contributed by atoms with E-state index < -0.39 is 0 Å². The van der Waals surface area contributed by atoms with E-state index in [1.165, 1.54) is 25.5 Å². The fourth-order valence-electron chi connectivity index (χ4n) is 3.51. The second kappa shape index (κ2) is 11.2. The fraction of sp³-hybridized carbons (Fsp3) is 0.667. The summed E-state index contributed by atoms with van der Waals surface area (Å²) in [6, 6.07) is 7.45. The molecule has 1 heterocycles. The van der Waals surface area contributed by atoms with E-state index in [1.807, 2.05) is 6.07 Å². The first kappa shape index (κ1) is 24.1. The number of hydrogen-bond donors (Lipinski definition) is 2. The molecule has 0 bridgehead atoms. The zero-order valence-electron chi connectivity index (χ0n) is 17.4. The predicted octanol–water partition coefficient (Wildman–Crippen LogP) is 4.01. The van der Waals surface area contributed by atoms with Gasteiger partial charge in [0.25, 0.3) is 0 Å². The maximum Gasteiger partial charge on any atom is 0.191 e. The van der Waals surface area contributed by atoms with E-state index in [0.717, 1.165) is 24.6 Å². The molecule has 27 heavy (non-hydrogen) atoms. The minimum absolute atomic E-state index is 0. The highest BCUT2D eigenvalue weighted by atomic mass is 127. The average molecular weight is 490 g/mol. The molecule has 1 aliphatic rings. The molecule has 154 valence electrons. The third kappa shape index (κ3) is 7.56. The predicted molar refractivity (Wildman–Crippen MR) is 124 cm³/mol. The minimum atomic E-state index is -0.190. The summed E-state index contributed by atoms with van der Waals surface area (Å²) in [4.78, 5) is 6.90. The van der Waals surface area contributed by atoms with Gasteiger partial charge in [-0.1, -0.05) is 26.0 Å². The van der Waals surface area contributed by atoms with Crippen LogP contribution in [0, 0.1) is 11.7 Å². The van der Waals surface area contributed by atoms with Gasteiger partial charge in [0.1, 0.15) is 5.82 Å². The largest absolute Gasteiger partial charge is 0.356 e. The van der Waals surface area contributed by atoms with Gasteiger partial charge in [0.2, 0.25) is 0 Å². The lowest BCUT2D eigenvalue weighted by Gasteiger charge is -2.35. The standard InChI is InChI=1S/C21H35FN4.HI/c1-16(2)26-11-7-8-17(14-26)13-24-20(23-5)25-15-21(3,4)18-9-6-10-19(22)12-18;/h6,9-10,12,16-17H,7-8,11,13-15H2,1-5H3,(H2,23,24,25);1H. The monoisotopic (exact) mass is 490 g/mol. The molecule has 1 fully saturated rings. The molecule has 0 radical (unpaired) electrons. The number of guanidine groups is 1. The smallest absolute Gasteiger partial charge is 0.191 e. The zero-order valence-corrected chi connectivity index (χ0v) is 19.7. The van der Waals surface area contributed by atoms with Crippen LogP contribution in [0.25, 0.3) is 0 Å². The lowest BCUT2D eigenvalue weighted by Crippen LogP contribution is -2.47. The number of nitrogens with zero attached hydrogens (tertiary/aromatic N) is 2. The zero-order chi connectivity index (χ0) is 19.2. The second-order valence-electron chi connectivity index (χ2n) is 8.30. The van der Waals surface area contributed by atoms with Gasteiger partial charge in [-0.3, -0.25) is 4.99 Å². The molecule has 1 atom stereocenters. The van der Waals surface area contributed by atoms with Gasteiger partial charge in [0.05, 0.1) is 0 Å². The Morgan fingerprint density at radius 2 is 2.07 bits per heavy atom. The number of piperidine rings is 1. The van der Waals surface area contributed by atoms with Crippen LogP contribution >= 0.6 is 24.0 Å². The molecular formula is C21H36FIN4. The molecule has 2 N–H and O–H groups in total. The summed E-state index contributed by atoms with van der Waals surface area (Å²) in [6.07, 6.45) is 2.53. The highest BCUT2D eigenvalue weighted by molar-refractivity contribution is 14.0. The van der Waals surface area contributed by atoms with Crippen molar-refractivity contribution >= 4 is 29.9 Å². The molecule has 0 saturated carbocycles. The maximum atomic E-state index is 13.5. The third-order valence-electron chi connectivity index (χ3n) is 5.37. The Morgan fingerprint density at radius 1 is 1.33 bits per heavy atom. The topological polar surface area (TPSA) is 39.7 Å². The van der Waals surface area contributed by atoms with Gasteiger partial charge in [-0.15, -0.1) is 24.0 Å². The first-order valence-electron chi connectivity index (χ1n) is 9.76. The van der Waals surface area contributed by atoms with Crippen LogP contribution in [0.2, 0.25) is 0 Å². The van der Waals surface area contributed by atoms with Crippen molar-refractivity contribution in [3.63, 3.8) is 0 Å². The Labute approximate surface area is 181 Å². The summed E-state index contributed by atoms with van der Waals surface area (Å²) in [5.74, 6) is 1.28. The number of hydrogen-bond acceptors (Lipinski definition) is 2. The van der Waals surface area contributed by atoms with Crippen molar-refractivity contribution in [1.29, 1.82) is 0 Å². The van der Waals surface area contributed by atoms with Crippen LogP contribution in [0.3, 0.4) is 0 Å². The summed E-state index contributed by atoms with van der Waals surface area (Å²) in [5, 5.41) is 6.88. The molecular weight excluding hydrogens is 454 g/mol. The summed E-state index contributed by atoms with van der Waals surface area (Å²) >= 11 is 0. The number of aliphatic imine (C=N–C) groups is 1. The normalized spacial score (nSPS) is 18.9. The van der Waals surface area contributed by atoms with Crippen molar-refractivity contribution in [3.8, 4) is 0 Å². The molecule has 1 saturated heterocycles. The molecule has 6 heteroatoms. The summed E-state index contributed by atoms with van der Waals surface area (Å²) < 4.78 is 13.5. The highest BCUT2D eigenvalue weighted by Gasteiger charge is 2.23. The van der Waals surface area contributed by atoms with Gasteiger partial charge >= 0.3 is 0 Å². The van der Waals surface area contributed by atoms with E-state index in [0.29, 0.717) is 18.5 Å². The van der Waals surface area contributed by atoms with Crippen molar-refractivity contribution < 1.29 is 4.39 Å². The van der Waals surface area contributed by atoms with Crippen LogP contribution in [-0.2, 0) is 5.41 Å². The molecule has 0 aliphatic carbocycles. The Kier molecular flexibility index (Phi) is 10.0. The molecule has 0 spiro atoms. The van der Waals surface area contributed by atoms with Gasteiger partial charge < -0.3 is 15.5 Å². The van der Waals surface area contributed by atoms with E-state index in [-0.39, 0.29) is 35.2 Å². The SMILES string of the molecule is CN=C(NCC1CCCN(C(C)C)C1)NCC(C)(C)c1cccc(F)c1.I. The number of nitrogens with one attached hydrogen (secondary N) is 2. The van der Waals surface area contributed by atoms with Crippen LogP contribution in [0.1, 0.15) is 46.1 Å². The van der Waals surface area contributed by atoms with E-state index >= 15 is 0 Å². The molecule has 1 aromatic rings. The quantitative estimate of drug-likeness (QED) is 0.360. The Morgan fingerprint density at radius 3 is 2.70 bits per heavy atom. The maximum absolute atomic E-state index is 13.5. The Balaban J connectivity index is 0.00000364. The molecule has 0 aromatic heterocycles. The van der Waals surface area contributed by atoms with Crippen LogP contribution in [0.15, 0.2) is 29.3 Å². The molecule has 1 aromatic carbocycles. The Bertz CT molecular complexity index is 604. The summed E-state index contributed by atoms with van der Waals surface area (Å²) in [7, 11) is 1.80. The van der Waals surface area contributed by atoms with E-state index in [2.05, 4.69) is 48.2 Å².